The van der Waals surface area contributed by atoms with Gasteiger partial charge < -0.3 is 65.3 Å². The topological polar surface area (TPSA) is 247 Å². The second-order valence-electron chi connectivity index (χ2n) is 7.48. The maximum absolute atomic E-state index is 11.8. The van der Waals surface area contributed by atoms with Gasteiger partial charge in [0.15, 0.2) is 5.79 Å². The van der Waals surface area contributed by atoms with E-state index in [-0.39, 0.29) is 0 Å². The van der Waals surface area contributed by atoms with Crippen LogP contribution in [0.15, 0.2) is 0 Å². The van der Waals surface area contributed by atoms with Gasteiger partial charge in [0.1, 0.15) is 36.6 Å². The van der Waals surface area contributed by atoms with Gasteiger partial charge in [0.25, 0.3) is 5.79 Å². The van der Waals surface area contributed by atoms with Crippen LogP contribution in [0.25, 0.3) is 0 Å². The van der Waals surface area contributed by atoms with E-state index in [1.807, 2.05) is 0 Å². The average molecular weight is 444 g/mol. The number of hydrogen-bond donors (Lipinski definition) is 10. The summed E-state index contributed by atoms with van der Waals surface area (Å²) in [4.78, 5) is 11.8. The predicted octanol–water partition coefficient (Wildman–Crippen LogP) is -5.80. The summed E-state index contributed by atoms with van der Waals surface area (Å²) in [5, 5.41) is 97.5. The summed E-state index contributed by atoms with van der Waals surface area (Å²) in [7, 11) is 0. The van der Waals surface area contributed by atoms with Crippen LogP contribution in [-0.4, -0.2) is 137 Å². The van der Waals surface area contributed by atoms with E-state index < -0.39 is 99.0 Å². The van der Waals surface area contributed by atoms with Gasteiger partial charge in [0, 0.05) is 12.8 Å². The van der Waals surface area contributed by atoms with E-state index in [0.29, 0.717) is 0 Å². The van der Waals surface area contributed by atoms with Crippen molar-refractivity contribution in [2.24, 2.45) is 0 Å². The third kappa shape index (κ3) is 5.07. The lowest BCUT2D eigenvalue weighted by Crippen LogP contribution is -2.64. The molecule has 0 aromatic rings. The molecule has 0 radical (unpaired) electrons. The minimum absolute atomic E-state index is 0.554. The second kappa shape index (κ2) is 9.64. The summed E-state index contributed by atoms with van der Waals surface area (Å²) in [5.41, 5.74) is 0. The number of carbonyl (C=O) groups is 1. The van der Waals surface area contributed by atoms with Crippen LogP contribution in [0.2, 0.25) is 0 Å². The van der Waals surface area contributed by atoms with Gasteiger partial charge in [-0.3, -0.25) is 0 Å². The molecule has 2 fully saturated rings. The zero-order valence-electron chi connectivity index (χ0n) is 15.8. The average Bonchev–Trinajstić information content (AvgIpc) is 2.70. The van der Waals surface area contributed by atoms with E-state index in [2.05, 4.69) is 0 Å². The normalized spacial score (nSPS) is 44.4. The van der Waals surface area contributed by atoms with E-state index in [1.165, 1.54) is 0 Å². The first-order valence-corrected chi connectivity index (χ1v) is 9.15. The Morgan fingerprint density at radius 3 is 2.00 bits per heavy atom. The fourth-order valence-corrected chi connectivity index (χ4v) is 3.42. The van der Waals surface area contributed by atoms with Crippen LogP contribution in [0.1, 0.15) is 12.8 Å². The van der Waals surface area contributed by atoms with Crippen molar-refractivity contribution < 1.29 is 70.1 Å². The lowest BCUT2D eigenvalue weighted by Gasteiger charge is -2.45. The highest BCUT2D eigenvalue weighted by atomic mass is 16.7. The quantitative estimate of drug-likeness (QED) is 0.168. The SMILES string of the molecule is O=C(O)[C@@]1(OC[C@@H](O)[C@H]2O[C@@](O)(CO)C[C@@H](O)[C@H]2O)C[C@@H](O)[C@@H](O)[C@@H]([C@H](O)CO)O1. The van der Waals surface area contributed by atoms with Crippen molar-refractivity contribution in [2.45, 2.75) is 73.2 Å². The summed E-state index contributed by atoms with van der Waals surface area (Å²) in [5.74, 6) is -6.72. The Morgan fingerprint density at radius 2 is 1.50 bits per heavy atom. The summed E-state index contributed by atoms with van der Waals surface area (Å²) < 4.78 is 15.3. The maximum atomic E-state index is 11.8. The number of ether oxygens (including phenoxy) is 3. The highest BCUT2D eigenvalue weighted by Crippen LogP contribution is 2.34. The molecule has 0 aromatic heterocycles. The van der Waals surface area contributed by atoms with E-state index in [0.717, 1.165) is 0 Å². The van der Waals surface area contributed by atoms with Crippen LogP contribution in [-0.2, 0) is 19.0 Å². The van der Waals surface area contributed by atoms with Crippen LogP contribution >= 0.6 is 0 Å². The summed E-state index contributed by atoms with van der Waals surface area (Å²) in [6.07, 6.45) is -15.2. The molecule has 2 aliphatic heterocycles. The fraction of sp³-hybridized carbons (Fsp3) is 0.938. The highest BCUT2D eigenvalue weighted by molar-refractivity contribution is 5.76. The molecule has 0 aliphatic carbocycles. The van der Waals surface area contributed by atoms with E-state index in [1.54, 1.807) is 0 Å². The Morgan fingerprint density at radius 1 is 0.967 bits per heavy atom. The maximum Gasteiger partial charge on any atom is 0.364 e. The summed E-state index contributed by atoms with van der Waals surface area (Å²) >= 11 is 0. The lowest BCUT2D eigenvalue weighted by molar-refractivity contribution is -0.345. The molecule has 30 heavy (non-hydrogen) atoms. The van der Waals surface area contributed by atoms with Crippen LogP contribution in [0.4, 0.5) is 0 Å². The number of rotatable bonds is 8. The molecule has 0 unspecified atom stereocenters. The van der Waals surface area contributed by atoms with Gasteiger partial charge in [-0.25, -0.2) is 4.79 Å². The molecule has 0 saturated carbocycles. The van der Waals surface area contributed by atoms with Crippen molar-refractivity contribution in [1.82, 2.24) is 0 Å². The predicted molar refractivity (Wildman–Crippen MR) is 90.5 cm³/mol. The zero-order valence-corrected chi connectivity index (χ0v) is 15.8. The molecule has 176 valence electrons. The molecule has 0 spiro atoms. The van der Waals surface area contributed by atoms with Gasteiger partial charge in [-0.1, -0.05) is 0 Å². The standard InChI is InChI=1S/C16H28O14/c17-3-8(21)12-11(24)7(20)2-16(30-12,14(25)26)28-4-9(22)13-10(23)6(19)1-15(27,5-18)29-13/h6-13,17-24,27H,1-5H2,(H,25,26)/t6-,7-,8-,9-,10-,11-,12-,13-,15-,16-/m1/s1. The Labute approximate surface area is 170 Å². The molecule has 10 atom stereocenters. The number of aliphatic hydroxyl groups excluding tert-OH is 8. The molecule has 2 heterocycles. The minimum Gasteiger partial charge on any atom is -0.477 e. The smallest absolute Gasteiger partial charge is 0.364 e. The number of carboxylic acids is 1. The molecule has 0 bridgehead atoms. The van der Waals surface area contributed by atoms with Crippen molar-refractivity contribution in [3.63, 3.8) is 0 Å². The molecule has 0 amide bonds. The monoisotopic (exact) mass is 444 g/mol. The number of carboxylic acid groups (broad SMARTS) is 1. The van der Waals surface area contributed by atoms with E-state index in [9.17, 15) is 50.8 Å². The van der Waals surface area contributed by atoms with Crippen LogP contribution < -0.4 is 0 Å². The van der Waals surface area contributed by atoms with Gasteiger partial charge in [0.05, 0.1) is 32.0 Å². The number of hydrogen-bond acceptors (Lipinski definition) is 13. The zero-order chi connectivity index (χ0) is 22.9. The molecule has 0 aromatic carbocycles. The number of aliphatic hydroxyl groups is 9. The van der Waals surface area contributed by atoms with Crippen LogP contribution in [0.5, 0.6) is 0 Å². The molecule has 10 N–H and O–H groups in total. The second-order valence-corrected chi connectivity index (χ2v) is 7.48. The Balaban J connectivity index is 2.16. The van der Waals surface area contributed by atoms with Crippen LogP contribution in [0, 0.1) is 0 Å². The summed E-state index contributed by atoms with van der Waals surface area (Å²) in [6.45, 7) is -2.81. The third-order valence-corrected chi connectivity index (χ3v) is 5.16. The molecule has 2 rings (SSSR count). The van der Waals surface area contributed by atoms with E-state index >= 15 is 0 Å². The van der Waals surface area contributed by atoms with Gasteiger partial charge in [-0.05, 0) is 0 Å². The molecular formula is C16H28O14. The van der Waals surface area contributed by atoms with Gasteiger partial charge in [0.2, 0.25) is 0 Å². The van der Waals surface area contributed by atoms with Gasteiger partial charge in [-0.2, -0.15) is 0 Å². The molecule has 2 saturated heterocycles. The largest absolute Gasteiger partial charge is 0.477 e. The Hall–Kier alpha value is -1.01. The number of aliphatic carboxylic acids is 1. The molecule has 2 aliphatic rings. The van der Waals surface area contributed by atoms with Crippen molar-refractivity contribution >= 4 is 5.97 Å². The van der Waals surface area contributed by atoms with Crippen molar-refractivity contribution in [3.8, 4) is 0 Å². The Kier molecular flexibility index (Phi) is 8.11. The van der Waals surface area contributed by atoms with Crippen LogP contribution in [0.3, 0.4) is 0 Å². The van der Waals surface area contributed by atoms with E-state index in [4.69, 9.17) is 19.3 Å². The first-order valence-electron chi connectivity index (χ1n) is 9.15. The van der Waals surface area contributed by atoms with Crippen molar-refractivity contribution in [2.75, 3.05) is 19.8 Å². The van der Waals surface area contributed by atoms with Gasteiger partial charge >= 0.3 is 5.97 Å². The Bertz CT molecular complexity index is 590. The molecular weight excluding hydrogens is 416 g/mol. The molecule has 14 heteroatoms. The summed E-state index contributed by atoms with van der Waals surface area (Å²) in [6, 6.07) is 0. The fourth-order valence-electron chi connectivity index (χ4n) is 3.42. The first kappa shape index (κ1) is 25.3. The first-order chi connectivity index (χ1) is 13.9. The van der Waals surface area contributed by atoms with Gasteiger partial charge in [-0.15, -0.1) is 0 Å². The molecule has 14 nitrogen and oxygen atoms in total. The minimum atomic E-state index is -2.66. The van der Waals surface area contributed by atoms with Crippen molar-refractivity contribution in [1.29, 1.82) is 0 Å². The third-order valence-electron chi connectivity index (χ3n) is 5.16. The highest BCUT2D eigenvalue weighted by Gasteiger charge is 2.55. The lowest BCUT2D eigenvalue weighted by atomic mass is 9.92. The van der Waals surface area contributed by atoms with Crippen molar-refractivity contribution in [3.05, 3.63) is 0 Å².